The van der Waals surface area contributed by atoms with Gasteiger partial charge in [0, 0.05) is 29.2 Å². The van der Waals surface area contributed by atoms with Crippen LogP contribution in [0.5, 0.6) is 0 Å². The van der Waals surface area contributed by atoms with Crippen LogP contribution in [0.15, 0.2) is 18.2 Å². The van der Waals surface area contributed by atoms with Crippen molar-refractivity contribution in [1.82, 2.24) is 5.32 Å². The van der Waals surface area contributed by atoms with Crippen molar-refractivity contribution in [1.29, 1.82) is 0 Å². The Morgan fingerprint density at radius 2 is 2.33 bits per heavy atom. The van der Waals surface area contributed by atoms with Crippen LogP contribution >= 0.6 is 11.6 Å². The fourth-order valence-corrected chi connectivity index (χ4v) is 2.96. The zero-order valence-corrected chi connectivity index (χ0v) is 11.5. The highest BCUT2D eigenvalue weighted by atomic mass is 35.5. The summed E-state index contributed by atoms with van der Waals surface area (Å²) in [6.45, 7) is 5.57. The molecule has 3 atom stereocenters. The average molecular weight is 272 g/mol. The first-order valence-corrected chi connectivity index (χ1v) is 6.81. The fourth-order valence-electron chi connectivity index (χ4n) is 2.68. The summed E-state index contributed by atoms with van der Waals surface area (Å²) in [6.07, 6.45) is 1.06. The second-order valence-corrected chi connectivity index (χ2v) is 5.11. The van der Waals surface area contributed by atoms with Gasteiger partial charge < -0.3 is 10.1 Å². The van der Waals surface area contributed by atoms with Crippen LogP contribution < -0.4 is 5.32 Å². The van der Waals surface area contributed by atoms with Crippen molar-refractivity contribution >= 4 is 11.6 Å². The van der Waals surface area contributed by atoms with Gasteiger partial charge in [0.2, 0.25) is 0 Å². The monoisotopic (exact) mass is 271 g/mol. The number of hydrogen-bond acceptors (Lipinski definition) is 2. The van der Waals surface area contributed by atoms with E-state index in [4.69, 9.17) is 16.3 Å². The lowest BCUT2D eigenvalue weighted by atomic mass is 9.88. The summed E-state index contributed by atoms with van der Waals surface area (Å²) in [5.41, 5.74) is 0.573. The van der Waals surface area contributed by atoms with Crippen molar-refractivity contribution in [3.8, 4) is 0 Å². The van der Waals surface area contributed by atoms with Crippen LogP contribution in [0.2, 0.25) is 5.02 Å². The van der Waals surface area contributed by atoms with E-state index in [0.29, 0.717) is 10.6 Å². The van der Waals surface area contributed by atoms with Crippen LogP contribution in [0.4, 0.5) is 4.39 Å². The van der Waals surface area contributed by atoms with Crippen molar-refractivity contribution in [3.05, 3.63) is 34.6 Å². The molecule has 0 spiro atoms. The van der Waals surface area contributed by atoms with Crippen LogP contribution in [-0.4, -0.2) is 19.3 Å². The van der Waals surface area contributed by atoms with Gasteiger partial charge in [-0.25, -0.2) is 4.39 Å². The van der Waals surface area contributed by atoms with Gasteiger partial charge in [-0.2, -0.15) is 0 Å². The second kappa shape index (κ2) is 6.00. The van der Waals surface area contributed by atoms with Gasteiger partial charge in [-0.05, 0) is 32.0 Å². The first kappa shape index (κ1) is 13.8. The molecule has 0 amide bonds. The molecule has 1 aliphatic rings. The largest absolute Gasteiger partial charge is 0.378 e. The molecule has 1 aliphatic heterocycles. The Balaban J connectivity index is 2.34. The van der Waals surface area contributed by atoms with Crippen LogP contribution in [0.1, 0.15) is 31.9 Å². The van der Waals surface area contributed by atoms with Crippen molar-refractivity contribution in [2.24, 2.45) is 5.92 Å². The Hall–Kier alpha value is -0.640. The first-order valence-electron chi connectivity index (χ1n) is 6.44. The summed E-state index contributed by atoms with van der Waals surface area (Å²) in [6, 6.07) is 4.76. The van der Waals surface area contributed by atoms with Crippen LogP contribution in [0.25, 0.3) is 0 Å². The summed E-state index contributed by atoms with van der Waals surface area (Å²) >= 11 is 6.17. The molecule has 2 rings (SSSR count). The minimum absolute atomic E-state index is 0.0822. The molecule has 0 bridgehead atoms. The standard InChI is InChI=1S/C14H19ClFNO/c1-3-17-14(10-7-8-18-9(10)2)13-11(15)5-4-6-12(13)16/h4-6,9-10,14,17H,3,7-8H2,1-2H3. The topological polar surface area (TPSA) is 21.3 Å². The van der Waals surface area contributed by atoms with E-state index >= 15 is 0 Å². The van der Waals surface area contributed by atoms with Crippen LogP contribution in [0.3, 0.4) is 0 Å². The molecule has 1 aromatic rings. The lowest BCUT2D eigenvalue weighted by Crippen LogP contribution is -2.32. The zero-order valence-electron chi connectivity index (χ0n) is 10.7. The van der Waals surface area contributed by atoms with Gasteiger partial charge in [-0.15, -0.1) is 0 Å². The molecule has 0 radical (unpaired) electrons. The molecule has 0 aliphatic carbocycles. The maximum Gasteiger partial charge on any atom is 0.129 e. The van der Waals surface area contributed by atoms with E-state index in [-0.39, 0.29) is 23.9 Å². The number of rotatable bonds is 4. The number of hydrogen-bond donors (Lipinski definition) is 1. The minimum Gasteiger partial charge on any atom is -0.378 e. The maximum atomic E-state index is 14.0. The lowest BCUT2D eigenvalue weighted by molar-refractivity contribution is 0.0952. The summed E-state index contributed by atoms with van der Waals surface area (Å²) in [5.74, 6) is 0.0203. The van der Waals surface area contributed by atoms with Crippen molar-refractivity contribution in [2.75, 3.05) is 13.2 Å². The number of halogens is 2. The summed E-state index contributed by atoms with van der Waals surface area (Å²) in [7, 11) is 0. The molecule has 0 saturated carbocycles. The fraction of sp³-hybridized carbons (Fsp3) is 0.571. The van der Waals surface area contributed by atoms with E-state index < -0.39 is 0 Å². The van der Waals surface area contributed by atoms with Gasteiger partial charge in [-0.3, -0.25) is 0 Å². The number of ether oxygens (including phenoxy) is 1. The summed E-state index contributed by atoms with van der Waals surface area (Å²) in [4.78, 5) is 0. The zero-order chi connectivity index (χ0) is 13.1. The van der Waals surface area contributed by atoms with E-state index in [9.17, 15) is 4.39 Å². The molecule has 2 nitrogen and oxygen atoms in total. The van der Waals surface area contributed by atoms with Gasteiger partial charge >= 0.3 is 0 Å². The van der Waals surface area contributed by atoms with E-state index in [2.05, 4.69) is 5.32 Å². The Morgan fingerprint density at radius 3 is 2.89 bits per heavy atom. The maximum absolute atomic E-state index is 14.0. The average Bonchev–Trinajstić information content (AvgIpc) is 2.74. The van der Waals surface area contributed by atoms with E-state index in [0.717, 1.165) is 19.6 Å². The molecular weight excluding hydrogens is 253 g/mol. The van der Waals surface area contributed by atoms with Crippen molar-refractivity contribution < 1.29 is 9.13 Å². The third-order valence-electron chi connectivity index (χ3n) is 3.60. The third kappa shape index (κ3) is 2.68. The predicted molar refractivity (Wildman–Crippen MR) is 71.3 cm³/mol. The van der Waals surface area contributed by atoms with Crippen LogP contribution in [-0.2, 0) is 4.74 Å². The minimum atomic E-state index is -0.243. The molecule has 4 heteroatoms. The molecule has 1 heterocycles. The Kier molecular flexibility index (Phi) is 4.60. The van der Waals surface area contributed by atoms with Crippen LogP contribution in [0, 0.1) is 11.7 Å². The predicted octanol–water partition coefficient (Wildman–Crippen LogP) is 3.55. The van der Waals surface area contributed by atoms with E-state index in [1.807, 2.05) is 13.8 Å². The Morgan fingerprint density at radius 1 is 1.56 bits per heavy atom. The van der Waals surface area contributed by atoms with E-state index in [1.165, 1.54) is 6.07 Å². The van der Waals surface area contributed by atoms with Crippen molar-refractivity contribution in [2.45, 2.75) is 32.4 Å². The lowest BCUT2D eigenvalue weighted by Gasteiger charge is -2.28. The van der Waals surface area contributed by atoms with Gasteiger partial charge in [0.05, 0.1) is 6.10 Å². The van der Waals surface area contributed by atoms with Gasteiger partial charge in [0.1, 0.15) is 5.82 Å². The molecule has 1 saturated heterocycles. The SMILES string of the molecule is CCNC(c1c(F)cccc1Cl)C1CCOC1C. The molecule has 1 N–H and O–H groups in total. The smallest absolute Gasteiger partial charge is 0.129 e. The molecule has 3 unspecified atom stereocenters. The molecule has 18 heavy (non-hydrogen) atoms. The highest BCUT2D eigenvalue weighted by molar-refractivity contribution is 6.31. The van der Waals surface area contributed by atoms with Gasteiger partial charge in [-0.1, -0.05) is 24.6 Å². The third-order valence-corrected chi connectivity index (χ3v) is 3.93. The highest BCUT2D eigenvalue weighted by Gasteiger charge is 2.34. The molecular formula is C14H19ClFNO. The van der Waals surface area contributed by atoms with Gasteiger partial charge in [0.15, 0.2) is 0 Å². The van der Waals surface area contributed by atoms with Crippen molar-refractivity contribution in [3.63, 3.8) is 0 Å². The Bertz CT molecular complexity index is 393. The molecule has 1 fully saturated rings. The number of nitrogens with one attached hydrogen (secondary N) is 1. The summed E-state index contributed by atoms with van der Waals surface area (Å²) in [5, 5.41) is 3.83. The summed E-state index contributed by atoms with van der Waals surface area (Å²) < 4.78 is 19.6. The first-order chi connectivity index (χ1) is 8.65. The Labute approximate surface area is 112 Å². The van der Waals surface area contributed by atoms with E-state index in [1.54, 1.807) is 12.1 Å². The molecule has 100 valence electrons. The quantitative estimate of drug-likeness (QED) is 0.904. The molecule has 1 aromatic carbocycles. The highest BCUT2D eigenvalue weighted by Crippen LogP contribution is 2.37. The number of benzene rings is 1. The second-order valence-electron chi connectivity index (χ2n) is 4.70. The van der Waals surface area contributed by atoms with Gasteiger partial charge in [0.25, 0.3) is 0 Å². The normalized spacial score (nSPS) is 25.3. The molecule has 0 aromatic heterocycles.